The van der Waals surface area contributed by atoms with Crippen LogP contribution in [0.15, 0.2) is 4.40 Å². The summed E-state index contributed by atoms with van der Waals surface area (Å²) < 4.78 is 4.03. The molecule has 0 aromatic heterocycles. The highest BCUT2D eigenvalue weighted by atomic mass is 32.2. The third-order valence-corrected chi connectivity index (χ3v) is 1.33. The minimum Gasteiger partial charge on any atom is -0.229 e. The molecule has 1 aliphatic rings. The van der Waals surface area contributed by atoms with Gasteiger partial charge in [0, 0.05) is 12.5 Å². The van der Waals surface area contributed by atoms with Gasteiger partial charge in [0.1, 0.15) is 0 Å². The molecule has 0 radical (unpaired) electrons. The van der Waals surface area contributed by atoms with E-state index in [1.165, 1.54) is 24.8 Å². The number of hydrogen-bond donors (Lipinski definition) is 0. The Morgan fingerprint density at radius 3 is 2.86 bits per heavy atom. The molecule has 0 bridgehead atoms. The molecule has 0 amide bonds. The molecule has 7 heavy (non-hydrogen) atoms. The van der Waals surface area contributed by atoms with Crippen LogP contribution in [0, 0.1) is 5.92 Å². The topological polar surface area (TPSA) is 12.4 Å². The quantitative estimate of drug-likeness (QED) is 0.394. The number of rotatable bonds is 2. The van der Waals surface area contributed by atoms with E-state index in [9.17, 15) is 0 Å². The average molecular weight is 115 g/mol. The molecule has 0 unspecified atom stereocenters. The molecule has 0 N–H and O–H groups in total. The summed E-state index contributed by atoms with van der Waals surface area (Å²) in [6.45, 7) is 0. The van der Waals surface area contributed by atoms with Crippen molar-refractivity contribution in [2.24, 2.45) is 10.3 Å². The normalized spacial score (nSPS) is 21.3. The lowest BCUT2D eigenvalue weighted by Crippen LogP contribution is -1.69. The first-order valence-electron chi connectivity index (χ1n) is 2.50. The first-order chi connectivity index (χ1) is 3.43. The third kappa shape index (κ3) is 1.97. The second-order valence-corrected chi connectivity index (χ2v) is 2.35. The molecule has 0 atom stereocenters. The van der Waals surface area contributed by atoms with E-state index in [2.05, 4.69) is 4.40 Å². The molecule has 2 heteroatoms. The third-order valence-electron chi connectivity index (χ3n) is 0.999. The highest BCUT2D eigenvalue weighted by molar-refractivity contribution is 7.97. The first-order valence-corrected chi connectivity index (χ1v) is 3.68. The van der Waals surface area contributed by atoms with Gasteiger partial charge in [0.25, 0.3) is 0 Å². The Morgan fingerprint density at radius 1 is 1.71 bits per heavy atom. The van der Waals surface area contributed by atoms with Crippen molar-refractivity contribution in [2.45, 2.75) is 12.8 Å². The summed E-state index contributed by atoms with van der Waals surface area (Å²) in [6.07, 6.45) is 6.76. The Hall–Kier alpha value is 0.0200. The molecule has 0 aromatic carbocycles. The van der Waals surface area contributed by atoms with Gasteiger partial charge >= 0.3 is 0 Å². The smallest absolute Gasteiger partial charge is 0.0157 e. The van der Waals surface area contributed by atoms with Crippen LogP contribution in [0.3, 0.4) is 0 Å². The zero-order valence-electron chi connectivity index (χ0n) is 4.42. The lowest BCUT2D eigenvalue weighted by molar-refractivity contribution is 1.24. The predicted octanol–water partition coefficient (Wildman–Crippen LogP) is 1.75. The molecule has 40 valence electrons. The molecule has 0 aliphatic heterocycles. The molecule has 0 spiro atoms. The number of nitrogens with zero attached hydrogens (tertiary/aromatic N) is 1. The zero-order valence-corrected chi connectivity index (χ0v) is 5.24. The Bertz CT molecular complexity index is 76.1. The van der Waals surface area contributed by atoms with Crippen LogP contribution in [-0.4, -0.2) is 12.5 Å². The van der Waals surface area contributed by atoms with Gasteiger partial charge < -0.3 is 0 Å². The standard InChI is InChI=1S/C5H9NS/c1-7-6-4-5-2-3-5/h4-5H,2-3H2,1H3. The maximum atomic E-state index is 4.03. The highest BCUT2D eigenvalue weighted by Crippen LogP contribution is 2.26. The van der Waals surface area contributed by atoms with Crippen LogP contribution in [0.5, 0.6) is 0 Å². The second-order valence-electron chi connectivity index (χ2n) is 1.77. The van der Waals surface area contributed by atoms with Crippen LogP contribution in [0.2, 0.25) is 0 Å². The monoisotopic (exact) mass is 115 g/mol. The molecule has 0 heterocycles. The van der Waals surface area contributed by atoms with E-state index in [0.717, 1.165) is 5.92 Å². The van der Waals surface area contributed by atoms with Gasteiger partial charge in [0.2, 0.25) is 0 Å². The zero-order chi connectivity index (χ0) is 5.11. The molecular weight excluding hydrogens is 106 g/mol. The summed E-state index contributed by atoms with van der Waals surface area (Å²) in [5.74, 6) is 0.840. The fraction of sp³-hybridized carbons (Fsp3) is 0.800. The fourth-order valence-electron chi connectivity index (χ4n) is 0.392. The Kier molecular flexibility index (Phi) is 1.74. The van der Waals surface area contributed by atoms with Crippen LogP contribution in [0.25, 0.3) is 0 Å². The molecule has 1 fully saturated rings. The fourth-order valence-corrected chi connectivity index (χ4v) is 0.686. The van der Waals surface area contributed by atoms with E-state index in [-0.39, 0.29) is 0 Å². The van der Waals surface area contributed by atoms with Crippen molar-refractivity contribution in [2.75, 3.05) is 6.26 Å². The summed E-state index contributed by atoms with van der Waals surface area (Å²) in [5, 5.41) is 0. The minimum absolute atomic E-state index is 0.840. The summed E-state index contributed by atoms with van der Waals surface area (Å²) >= 11 is 1.54. The maximum absolute atomic E-state index is 4.03. The SMILES string of the molecule is CSN=CC1CC1. The summed E-state index contributed by atoms with van der Waals surface area (Å²) in [6, 6.07) is 0. The van der Waals surface area contributed by atoms with Crippen molar-refractivity contribution >= 4 is 18.2 Å². The maximum Gasteiger partial charge on any atom is 0.0157 e. The largest absolute Gasteiger partial charge is 0.229 e. The van der Waals surface area contributed by atoms with E-state index < -0.39 is 0 Å². The van der Waals surface area contributed by atoms with E-state index >= 15 is 0 Å². The van der Waals surface area contributed by atoms with Gasteiger partial charge in [-0.3, -0.25) is 0 Å². The molecule has 1 nitrogen and oxygen atoms in total. The molecule has 1 rings (SSSR count). The van der Waals surface area contributed by atoms with E-state index in [4.69, 9.17) is 0 Å². The minimum atomic E-state index is 0.840. The van der Waals surface area contributed by atoms with Crippen molar-refractivity contribution < 1.29 is 0 Å². The van der Waals surface area contributed by atoms with Gasteiger partial charge in [0.15, 0.2) is 0 Å². The van der Waals surface area contributed by atoms with Crippen molar-refractivity contribution in [3.05, 3.63) is 0 Å². The first kappa shape index (κ1) is 5.16. The Labute approximate surface area is 48.3 Å². The van der Waals surface area contributed by atoms with Crippen molar-refractivity contribution in [3.63, 3.8) is 0 Å². The lowest BCUT2D eigenvalue weighted by atomic mass is 10.5. The highest BCUT2D eigenvalue weighted by Gasteiger charge is 2.17. The van der Waals surface area contributed by atoms with Crippen LogP contribution in [-0.2, 0) is 0 Å². The summed E-state index contributed by atoms with van der Waals surface area (Å²) in [5.41, 5.74) is 0. The molecule has 0 aromatic rings. The Balaban J connectivity index is 2.05. The Morgan fingerprint density at radius 2 is 2.43 bits per heavy atom. The van der Waals surface area contributed by atoms with E-state index in [1.54, 1.807) is 0 Å². The van der Waals surface area contributed by atoms with E-state index in [1.807, 2.05) is 12.5 Å². The van der Waals surface area contributed by atoms with Gasteiger partial charge in [-0.2, -0.15) is 0 Å². The van der Waals surface area contributed by atoms with Gasteiger partial charge in [0.05, 0.1) is 0 Å². The van der Waals surface area contributed by atoms with Crippen LogP contribution < -0.4 is 0 Å². The van der Waals surface area contributed by atoms with Crippen molar-refractivity contribution in [1.29, 1.82) is 0 Å². The molecule has 1 aliphatic carbocycles. The predicted molar refractivity (Wildman–Crippen MR) is 34.7 cm³/mol. The van der Waals surface area contributed by atoms with Crippen molar-refractivity contribution in [1.82, 2.24) is 0 Å². The van der Waals surface area contributed by atoms with Crippen LogP contribution >= 0.6 is 11.9 Å². The lowest BCUT2D eigenvalue weighted by Gasteiger charge is -1.75. The van der Waals surface area contributed by atoms with Crippen LogP contribution in [0.1, 0.15) is 12.8 Å². The van der Waals surface area contributed by atoms with Crippen molar-refractivity contribution in [3.8, 4) is 0 Å². The molecular formula is C5H9NS. The molecule has 1 saturated carbocycles. The van der Waals surface area contributed by atoms with Gasteiger partial charge in [-0.05, 0) is 30.7 Å². The molecule has 0 saturated heterocycles. The van der Waals surface area contributed by atoms with Gasteiger partial charge in [-0.25, -0.2) is 4.40 Å². The second kappa shape index (κ2) is 2.36. The average Bonchev–Trinajstić information content (AvgIpc) is 2.42. The van der Waals surface area contributed by atoms with Gasteiger partial charge in [-0.1, -0.05) is 0 Å². The summed E-state index contributed by atoms with van der Waals surface area (Å²) in [7, 11) is 0. The number of hydrogen-bond acceptors (Lipinski definition) is 2. The summed E-state index contributed by atoms with van der Waals surface area (Å²) in [4.78, 5) is 0. The van der Waals surface area contributed by atoms with Crippen LogP contribution in [0.4, 0.5) is 0 Å². The van der Waals surface area contributed by atoms with Gasteiger partial charge in [-0.15, -0.1) is 0 Å². The van der Waals surface area contributed by atoms with E-state index in [0.29, 0.717) is 0 Å².